The van der Waals surface area contributed by atoms with Crippen molar-refractivity contribution in [3.63, 3.8) is 0 Å². The van der Waals surface area contributed by atoms with Gasteiger partial charge in [0.1, 0.15) is 5.54 Å². The number of likely N-dealkylation sites (tertiary alicyclic amines) is 1. The highest BCUT2D eigenvalue weighted by atomic mass is 16.2. The number of hydrogen-bond donors (Lipinski definition) is 1. The van der Waals surface area contributed by atoms with Crippen LogP contribution in [0, 0.1) is 0 Å². The minimum atomic E-state index is -0.179. The predicted molar refractivity (Wildman–Crippen MR) is 54.9 cm³/mol. The summed E-state index contributed by atoms with van der Waals surface area (Å²) in [6, 6.07) is 0. The fourth-order valence-electron chi connectivity index (χ4n) is 2.57. The Bertz CT molecular complexity index is 234. The zero-order chi connectivity index (χ0) is 10.2. The van der Waals surface area contributed by atoms with Gasteiger partial charge < -0.3 is 10.2 Å². The molecule has 0 aliphatic carbocycles. The van der Waals surface area contributed by atoms with Crippen LogP contribution in [0.15, 0.2) is 0 Å². The Kier molecular flexibility index (Phi) is 2.49. The lowest BCUT2D eigenvalue weighted by Crippen LogP contribution is -2.55. The van der Waals surface area contributed by atoms with Gasteiger partial charge in [-0.15, -0.1) is 0 Å². The molecule has 0 saturated carbocycles. The van der Waals surface area contributed by atoms with Crippen molar-refractivity contribution in [1.82, 2.24) is 15.1 Å². The summed E-state index contributed by atoms with van der Waals surface area (Å²) < 4.78 is 0. The average molecular weight is 197 g/mol. The van der Waals surface area contributed by atoms with Gasteiger partial charge in [0, 0.05) is 13.1 Å². The van der Waals surface area contributed by atoms with Crippen molar-refractivity contribution in [2.75, 3.05) is 33.4 Å². The first-order valence-corrected chi connectivity index (χ1v) is 5.41. The molecule has 0 aromatic carbocycles. The Morgan fingerprint density at radius 1 is 1.43 bits per heavy atom. The third-order valence-corrected chi connectivity index (χ3v) is 3.65. The summed E-state index contributed by atoms with van der Waals surface area (Å²) in [6.07, 6.45) is 1.95. The molecule has 2 rings (SSSR count). The Morgan fingerprint density at radius 3 is 2.64 bits per heavy atom. The molecule has 0 unspecified atom stereocenters. The van der Waals surface area contributed by atoms with Gasteiger partial charge in [0.15, 0.2) is 0 Å². The van der Waals surface area contributed by atoms with E-state index in [-0.39, 0.29) is 11.4 Å². The number of nitrogens with zero attached hydrogens (tertiary/aromatic N) is 2. The van der Waals surface area contributed by atoms with Gasteiger partial charge in [0.05, 0.1) is 6.67 Å². The Balaban J connectivity index is 2.15. The van der Waals surface area contributed by atoms with Gasteiger partial charge >= 0.3 is 0 Å². The van der Waals surface area contributed by atoms with Crippen molar-refractivity contribution >= 4 is 5.91 Å². The molecule has 0 atom stereocenters. The average Bonchev–Trinajstić information content (AvgIpc) is 2.49. The van der Waals surface area contributed by atoms with Crippen molar-refractivity contribution in [2.24, 2.45) is 0 Å². The molecule has 0 radical (unpaired) electrons. The van der Waals surface area contributed by atoms with Gasteiger partial charge in [-0.05, 0) is 26.4 Å². The van der Waals surface area contributed by atoms with Crippen molar-refractivity contribution in [3.05, 3.63) is 0 Å². The zero-order valence-corrected chi connectivity index (χ0v) is 9.05. The summed E-state index contributed by atoms with van der Waals surface area (Å²) in [7, 11) is 2.12. The third-order valence-electron chi connectivity index (χ3n) is 3.65. The fraction of sp³-hybridized carbons (Fsp3) is 0.900. The van der Waals surface area contributed by atoms with Gasteiger partial charge in [0.2, 0.25) is 5.91 Å². The number of rotatable bonds is 1. The SMILES string of the molecule is CCN1CNC(=O)C12CCN(C)CC2. The topological polar surface area (TPSA) is 35.6 Å². The van der Waals surface area contributed by atoms with E-state index in [4.69, 9.17) is 0 Å². The van der Waals surface area contributed by atoms with Crippen LogP contribution in [-0.4, -0.2) is 54.6 Å². The molecule has 2 saturated heterocycles. The molecule has 2 fully saturated rings. The molecule has 0 aromatic rings. The van der Waals surface area contributed by atoms with E-state index >= 15 is 0 Å². The molecule has 2 aliphatic rings. The summed E-state index contributed by atoms with van der Waals surface area (Å²) in [4.78, 5) is 16.4. The van der Waals surface area contributed by atoms with Gasteiger partial charge in [-0.25, -0.2) is 0 Å². The van der Waals surface area contributed by atoms with Gasteiger partial charge in [-0.3, -0.25) is 9.69 Å². The van der Waals surface area contributed by atoms with Crippen LogP contribution < -0.4 is 5.32 Å². The molecule has 2 heterocycles. The van der Waals surface area contributed by atoms with Crippen LogP contribution in [0.3, 0.4) is 0 Å². The quantitative estimate of drug-likeness (QED) is 0.635. The van der Waals surface area contributed by atoms with E-state index in [1.54, 1.807) is 0 Å². The largest absolute Gasteiger partial charge is 0.342 e. The second kappa shape index (κ2) is 3.51. The molecule has 1 N–H and O–H groups in total. The van der Waals surface area contributed by atoms with Gasteiger partial charge in [-0.2, -0.15) is 0 Å². The molecule has 4 nitrogen and oxygen atoms in total. The maximum atomic E-state index is 11.9. The third kappa shape index (κ3) is 1.33. The number of carbonyl (C=O) groups excluding carboxylic acids is 1. The van der Waals surface area contributed by atoms with E-state index in [2.05, 4.69) is 29.1 Å². The molecule has 4 heteroatoms. The zero-order valence-electron chi connectivity index (χ0n) is 9.05. The highest BCUT2D eigenvalue weighted by Crippen LogP contribution is 2.31. The van der Waals surface area contributed by atoms with Crippen molar-refractivity contribution < 1.29 is 4.79 Å². The molecule has 1 spiro atoms. The first-order valence-electron chi connectivity index (χ1n) is 5.41. The second-order valence-corrected chi connectivity index (χ2v) is 4.35. The number of piperidine rings is 1. The molecule has 14 heavy (non-hydrogen) atoms. The lowest BCUT2D eigenvalue weighted by molar-refractivity contribution is -0.128. The Labute approximate surface area is 85.2 Å². The molecule has 2 aliphatic heterocycles. The highest BCUT2D eigenvalue weighted by Gasteiger charge is 2.48. The summed E-state index contributed by atoms with van der Waals surface area (Å²) >= 11 is 0. The highest BCUT2D eigenvalue weighted by molar-refractivity contribution is 5.88. The molecule has 80 valence electrons. The summed E-state index contributed by atoms with van der Waals surface area (Å²) in [5, 5.41) is 2.96. The van der Waals surface area contributed by atoms with Crippen molar-refractivity contribution in [2.45, 2.75) is 25.3 Å². The first kappa shape index (κ1) is 9.93. The lowest BCUT2D eigenvalue weighted by atomic mass is 9.86. The van der Waals surface area contributed by atoms with Crippen molar-refractivity contribution in [3.8, 4) is 0 Å². The number of likely N-dealkylation sites (N-methyl/N-ethyl adjacent to an activating group) is 1. The summed E-state index contributed by atoms with van der Waals surface area (Å²) in [5.74, 6) is 0.243. The molecular weight excluding hydrogens is 178 g/mol. The van der Waals surface area contributed by atoms with E-state index < -0.39 is 0 Å². The van der Waals surface area contributed by atoms with Crippen molar-refractivity contribution in [1.29, 1.82) is 0 Å². The number of nitrogens with one attached hydrogen (secondary N) is 1. The number of carbonyl (C=O) groups is 1. The van der Waals surface area contributed by atoms with E-state index in [1.807, 2.05) is 0 Å². The van der Waals surface area contributed by atoms with Crippen LogP contribution in [0.1, 0.15) is 19.8 Å². The van der Waals surface area contributed by atoms with Crippen LogP contribution in [0.2, 0.25) is 0 Å². The normalized spacial score (nSPS) is 28.3. The second-order valence-electron chi connectivity index (χ2n) is 4.35. The summed E-state index contributed by atoms with van der Waals surface area (Å²) in [5.41, 5.74) is -0.179. The van der Waals surface area contributed by atoms with Crippen LogP contribution in [0.5, 0.6) is 0 Å². The van der Waals surface area contributed by atoms with Crippen LogP contribution >= 0.6 is 0 Å². The lowest BCUT2D eigenvalue weighted by Gasteiger charge is -2.40. The fourth-order valence-corrected chi connectivity index (χ4v) is 2.57. The molecular formula is C10H19N3O. The maximum absolute atomic E-state index is 11.9. The van der Waals surface area contributed by atoms with Crippen LogP contribution in [0.4, 0.5) is 0 Å². The molecule has 0 aromatic heterocycles. The molecule has 0 bridgehead atoms. The van der Waals surface area contributed by atoms with Gasteiger partial charge in [0.25, 0.3) is 0 Å². The van der Waals surface area contributed by atoms with E-state index in [9.17, 15) is 4.79 Å². The van der Waals surface area contributed by atoms with Gasteiger partial charge in [-0.1, -0.05) is 6.92 Å². The van der Waals surface area contributed by atoms with E-state index in [1.165, 1.54) is 0 Å². The summed E-state index contributed by atoms with van der Waals surface area (Å²) in [6.45, 7) is 5.88. The number of amides is 1. The number of hydrogen-bond acceptors (Lipinski definition) is 3. The smallest absolute Gasteiger partial charge is 0.241 e. The van der Waals surface area contributed by atoms with E-state index in [0.717, 1.165) is 39.1 Å². The van der Waals surface area contributed by atoms with Crippen LogP contribution in [0.25, 0.3) is 0 Å². The minimum absolute atomic E-state index is 0.179. The Morgan fingerprint density at radius 2 is 2.07 bits per heavy atom. The predicted octanol–water partition coefficient (Wildman–Crippen LogP) is -0.140. The van der Waals surface area contributed by atoms with Crippen LogP contribution in [-0.2, 0) is 4.79 Å². The minimum Gasteiger partial charge on any atom is -0.342 e. The monoisotopic (exact) mass is 197 g/mol. The standard InChI is InChI=1S/C10H19N3O/c1-3-13-8-11-9(14)10(13)4-6-12(2)7-5-10/h3-8H2,1-2H3,(H,11,14). The maximum Gasteiger partial charge on any atom is 0.241 e. The molecule has 1 amide bonds. The Hall–Kier alpha value is -0.610. The first-order chi connectivity index (χ1) is 6.69. The van der Waals surface area contributed by atoms with E-state index in [0.29, 0.717) is 0 Å².